The molecule has 0 saturated carbocycles. The highest BCUT2D eigenvalue weighted by molar-refractivity contribution is 9.10. The third-order valence-corrected chi connectivity index (χ3v) is 5.01. The van der Waals surface area contributed by atoms with Crippen LogP contribution in [0.5, 0.6) is 0 Å². The molecule has 110 valence electrons. The van der Waals surface area contributed by atoms with Gasteiger partial charge in [-0.15, -0.1) is 0 Å². The summed E-state index contributed by atoms with van der Waals surface area (Å²) < 4.78 is 0.990. The third-order valence-electron chi connectivity index (χ3n) is 3.87. The van der Waals surface area contributed by atoms with Crippen LogP contribution in [0.25, 0.3) is 10.8 Å². The number of rotatable bonds is 4. The molecule has 0 spiro atoms. The fraction of sp³-hybridized carbons (Fsp3) is 0.250. The Morgan fingerprint density at radius 2 is 1.90 bits per heavy atom. The Bertz CT molecular complexity index is 716. The minimum absolute atomic E-state index is 0.176. The highest BCUT2D eigenvalue weighted by Crippen LogP contribution is 2.31. The standard InChI is InChI=1S/C16H17BrN2OS/c1-3-16(2,14(18)21)15(20)19-13-9-8-12(17)10-6-4-5-7-11(10)13/h4-9H,3H2,1-2H3,(H2,18,21)(H,19,20). The summed E-state index contributed by atoms with van der Waals surface area (Å²) in [7, 11) is 0. The molecule has 1 amide bonds. The van der Waals surface area contributed by atoms with Gasteiger partial charge in [0.25, 0.3) is 0 Å². The second-order valence-corrected chi connectivity index (χ2v) is 6.44. The van der Waals surface area contributed by atoms with Gasteiger partial charge in [-0.25, -0.2) is 0 Å². The summed E-state index contributed by atoms with van der Waals surface area (Å²) in [4.78, 5) is 12.8. The van der Waals surface area contributed by atoms with Gasteiger partial charge in [-0.1, -0.05) is 59.3 Å². The Kier molecular flexibility index (Phi) is 4.64. The molecule has 5 heteroatoms. The first-order chi connectivity index (χ1) is 9.90. The highest BCUT2D eigenvalue weighted by Gasteiger charge is 2.34. The number of nitrogens with one attached hydrogen (secondary N) is 1. The SMILES string of the molecule is CCC(C)(C(=O)Nc1ccc(Br)c2ccccc12)C(N)=S. The second-order valence-electron chi connectivity index (χ2n) is 5.14. The van der Waals surface area contributed by atoms with E-state index in [4.69, 9.17) is 18.0 Å². The van der Waals surface area contributed by atoms with Crippen LogP contribution in [-0.2, 0) is 4.79 Å². The third kappa shape index (κ3) is 2.94. The van der Waals surface area contributed by atoms with Crippen LogP contribution in [0.15, 0.2) is 40.9 Å². The molecule has 21 heavy (non-hydrogen) atoms. The lowest BCUT2D eigenvalue weighted by Crippen LogP contribution is -2.43. The number of anilines is 1. The van der Waals surface area contributed by atoms with Crippen molar-refractivity contribution in [3.63, 3.8) is 0 Å². The van der Waals surface area contributed by atoms with Crippen LogP contribution < -0.4 is 11.1 Å². The maximum Gasteiger partial charge on any atom is 0.237 e. The molecule has 0 fully saturated rings. The highest BCUT2D eigenvalue weighted by atomic mass is 79.9. The maximum atomic E-state index is 12.5. The van der Waals surface area contributed by atoms with E-state index in [9.17, 15) is 4.79 Å². The smallest absolute Gasteiger partial charge is 0.237 e. The molecule has 0 aliphatic heterocycles. The van der Waals surface area contributed by atoms with Crippen LogP contribution in [0.4, 0.5) is 5.69 Å². The molecule has 3 nitrogen and oxygen atoms in total. The predicted octanol–water partition coefficient (Wildman–Crippen LogP) is 4.24. The molecule has 2 aromatic rings. The first kappa shape index (κ1) is 15.9. The van der Waals surface area contributed by atoms with Gasteiger partial charge in [-0.05, 0) is 30.9 Å². The van der Waals surface area contributed by atoms with Gasteiger partial charge in [0, 0.05) is 15.5 Å². The normalized spacial score (nSPS) is 13.7. The van der Waals surface area contributed by atoms with Crippen molar-refractivity contribution in [2.75, 3.05) is 5.32 Å². The molecule has 0 radical (unpaired) electrons. The van der Waals surface area contributed by atoms with E-state index >= 15 is 0 Å². The van der Waals surface area contributed by atoms with E-state index in [1.807, 2.05) is 43.3 Å². The van der Waals surface area contributed by atoms with Crippen molar-refractivity contribution in [2.24, 2.45) is 11.1 Å². The first-order valence-corrected chi connectivity index (χ1v) is 7.89. The summed E-state index contributed by atoms with van der Waals surface area (Å²) >= 11 is 8.57. The monoisotopic (exact) mass is 364 g/mol. The fourth-order valence-corrected chi connectivity index (χ4v) is 2.79. The van der Waals surface area contributed by atoms with Crippen molar-refractivity contribution < 1.29 is 4.79 Å². The molecule has 0 heterocycles. The van der Waals surface area contributed by atoms with Gasteiger partial charge in [0.15, 0.2) is 0 Å². The number of amides is 1. The topological polar surface area (TPSA) is 55.1 Å². The second kappa shape index (κ2) is 6.12. The van der Waals surface area contributed by atoms with Crippen molar-refractivity contribution in [1.29, 1.82) is 0 Å². The van der Waals surface area contributed by atoms with E-state index in [1.54, 1.807) is 6.92 Å². The Balaban J connectivity index is 2.43. The van der Waals surface area contributed by atoms with Crippen LogP contribution >= 0.6 is 28.1 Å². The van der Waals surface area contributed by atoms with Crippen molar-refractivity contribution in [2.45, 2.75) is 20.3 Å². The molecule has 0 aromatic heterocycles. The Morgan fingerprint density at radius 1 is 1.29 bits per heavy atom. The number of nitrogens with two attached hydrogens (primary N) is 1. The maximum absolute atomic E-state index is 12.5. The van der Waals surface area contributed by atoms with Crippen LogP contribution in [0.2, 0.25) is 0 Å². The zero-order valence-electron chi connectivity index (χ0n) is 11.9. The van der Waals surface area contributed by atoms with Crippen LogP contribution in [0, 0.1) is 5.41 Å². The van der Waals surface area contributed by atoms with E-state index < -0.39 is 5.41 Å². The quantitative estimate of drug-likeness (QED) is 0.797. The molecule has 0 aliphatic carbocycles. The molecule has 2 aromatic carbocycles. The summed E-state index contributed by atoms with van der Waals surface area (Å²) in [5.41, 5.74) is 5.65. The van der Waals surface area contributed by atoms with Crippen LogP contribution in [-0.4, -0.2) is 10.9 Å². The van der Waals surface area contributed by atoms with Crippen molar-refractivity contribution >= 4 is 55.5 Å². The van der Waals surface area contributed by atoms with Crippen LogP contribution in [0.1, 0.15) is 20.3 Å². The zero-order chi connectivity index (χ0) is 15.6. The number of hydrogen-bond donors (Lipinski definition) is 2. The lowest BCUT2D eigenvalue weighted by Gasteiger charge is -2.26. The lowest BCUT2D eigenvalue weighted by atomic mass is 9.86. The number of benzene rings is 2. The van der Waals surface area contributed by atoms with Gasteiger partial charge in [0.05, 0.1) is 10.4 Å². The molecule has 3 N–H and O–H groups in total. The summed E-state index contributed by atoms with van der Waals surface area (Å²) in [6.07, 6.45) is 0.558. The summed E-state index contributed by atoms with van der Waals surface area (Å²) in [5, 5.41) is 4.98. The van der Waals surface area contributed by atoms with Gasteiger partial charge in [-0.2, -0.15) is 0 Å². The summed E-state index contributed by atoms with van der Waals surface area (Å²) in [6, 6.07) is 11.7. The molecular weight excluding hydrogens is 348 g/mol. The van der Waals surface area contributed by atoms with Crippen molar-refractivity contribution in [3.8, 4) is 0 Å². The molecule has 0 bridgehead atoms. The number of thiocarbonyl (C=S) groups is 1. The minimum Gasteiger partial charge on any atom is -0.392 e. The van der Waals surface area contributed by atoms with Crippen LogP contribution in [0.3, 0.4) is 0 Å². The first-order valence-electron chi connectivity index (χ1n) is 6.68. The van der Waals surface area contributed by atoms with E-state index in [0.29, 0.717) is 6.42 Å². The van der Waals surface area contributed by atoms with Gasteiger partial charge < -0.3 is 11.1 Å². The Morgan fingerprint density at radius 3 is 2.48 bits per heavy atom. The molecule has 1 atom stereocenters. The Hall–Kier alpha value is -1.46. The number of carbonyl (C=O) groups excluding carboxylic acids is 1. The van der Waals surface area contributed by atoms with Gasteiger partial charge in [0.1, 0.15) is 0 Å². The van der Waals surface area contributed by atoms with Crippen molar-refractivity contribution in [1.82, 2.24) is 0 Å². The number of carbonyl (C=O) groups is 1. The van der Waals surface area contributed by atoms with E-state index in [1.165, 1.54) is 0 Å². The summed E-state index contributed by atoms with van der Waals surface area (Å²) in [5.74, 6) is -0.176. The summed E-state index contributed by atoms with van der Waals surface area (Å²) in [6.45, 7) is 3.67. The van der Waals surface area contributed by atoms with E-state index in [0.717, 1.165) is 20.9 Å². The van der Waals surface area contributed by atoms with Crippen molar-refractivity contribution in [3.05, 3.63) is 40.9 Å². The number of hydrogen-bond acceptors (Lipinski definition) is 2. The lowest BCUT2D eigenvalue weighted by molar-refractivity contribution is -0.121. The van der Waals surface area contributed by atoms with Gasteiger partial charge >= 0.3 is 0 Å². The average Bonchev–Trinajstić information content (AvgIpc) is 2.49. The largest absolute Gasteiger partial charge is 0.392 e. The fourth-order valence-electron chi connectivity index (χ4n) is 2.08. The molecule has 1 unspecified atom stereocenters. The zero-order valence-corrected chi connectivity index (χ0v) is 14.3. The molecule has 2 rings (SSSR count). The number of fused-ring (bicyclic) bond motifs is 1. The molecular formula is C16H17BrN2OS. The predicted molar refractivity (Wildman–Crippen MR) is 95.5 cm³/mol. The van der Waals surface area contributed by atoms with E-state index in [-0.39, 0.29) is 10.9 Å². The van der Waals surface area contributed by atoms with Gasteiger partial charge in [0.2, 0.25) is 5.91 Å². The van der Waals surface area contributed by atoms with Gasteiger partial charge in [-0.3, -0.25) is 4.79 Å². The van der Waals surface area contributed by atoms with E-state index in [2.05, 4.69) is 21.2 Å². The Labute approximate surface area is 138 Å². The molecule has 0 saturated heterocycles. The molecule has 0 aliphatic rings. The minimum atomic E-state index is -0.844. The number of halogens is 1. The average molecular weight is 365 g/mol.